The largest absolute Gasteiger partial charge is 0.381 e. The van der Waals surface area contributed by atoms with Crippen molar-refractivity contribution in [2.75, 3.05) is 26.8 Å². The first-order valence-electron chi connectivity index (χ1n) is 7.38. The number of amides is 1. The predicted octanol–water partition coefficient (Wildman–Crippen LogP) is 2.02. The van der Waals surface area contributed by atoms with Crippen LogP contribution in [0.2, 0.25) is 0 Å². The number of likely N-dealkylation sites (N-methyl/N-ethyl adjacent to an activating group) is 1. The molecule has 22 heavy (non-hydrogen) atoms. The Hall–Kier alpha value is -1.17. The van der Waals surface area contributed by atoms with E-state index in [1.54, 1.807) is 12.1 Å². The summed E-state index contributed by atoms with van der Waals surface area (Å²) >= 11 is 0. The zero-order chi connectivity index (χ0) is 15.3. The lowest BCUT2D eigenvalue weighted by molar-refractivity contribution is -0.130. The molecule has 1 fully saturated rings. The minimum Gasteiger partial charge on any atom is -0.381 e. The quantitative estimate of drug-likeness (QED) is 0.868. The van der Waals surface area contributed by atoms with Crippen LogP contribution in [0.1, 0.15) is 25.3 Å². The Labute approximate surface area is 137 Å². The molecule has 1 unspecified atom stereocenters. The summed E-state index contributed by atoms with van der Waals surface area (Å²) in [6, 6.07) is 6.45. The first-order valence-corrected chi connectivity index (χ1v) is 7.38. The minimum absolute atomic E-state index is 0. The number of rotatable bonds is 5. The molecule has 1 aliphatic rings. The van der Waals surface area contributed by atoms with E-state index in [1.807, 2.05) is 14.0 Å². The number of hydrogen-bond donors (Lipinski definition) is 2. The lowest BCUT2D eigenvalue weighted by Crippen LogP contribution is -2.50. The molecular weight excluding hydrogens is 307 g/mol. The molecule has 1 amide bonds. The molecule has 1 heterocycles. The van der Waals surface area contributed by atoms with E-state index in [0.29, 0.717) is 32.6 Å². The van der Waals surface area contributed by atoms with Crippen molar-refractivity contribution in [3.05, 3.63) is 35.6 Å². The normalized spacial score (nSPS) is 18.1. The summed E-state index contributed by atoms with van der Waals surface area (Å²) in [6.45, 7) is 3.67. The average Bonchev–Trinajstić information content (AvgIpc) is 2.53. The van der Waals surface area contributed by atoms with Gasteiger partial charge in [-0.1, -0.05) is 12.1 Å². The van der Waals surface area contributed by atoms with Crippen LogP contribution >= 0.6 is 12.4 Å². The second-order valence-electron chi connectivity index (χ2n) is 5.60. The van der Waals surface area contributed by atoms with Crippen LogP contribution in [-0.4, -0.2) is 38.8 Å². The van der Waals surface area contributed by atoms with E-state index in [0.717, 1.165) is 5.56 Å². The third kappa shape index (κ3) is 4.18. The van der Waals surface area contributed by atoms with Gasteiger partial charge < -0.3 is 15.4 Å². The SMILES string of the molecule is CNC(C)CNC(=O)C1(c2ccc(F)cc2)CCOCC1.Cl. The first-order chi connectivity index (χ1) is 10.1. The van der Waals surface area contributed by atoms with Gasteiger partial charge in [-0.25, -0.2) is 4.39 Å². The molecular formula is C16H24ClFN2O2. The lowest BCUT2D eigenvalue weighted by Gasteiger charge is -2.36. The second kappa shape index (κ2) is 8.46. The molecule has 124 valence electrons. The summed E-state index contributed by atoms with van der Waals surface area (Å²) in [7, 11) is 1.86. The number of nitrogens with one attached hydrogen (secondary N) is 2. The van der Waals surface area contributed by atoms with Crippen molar-refractivity contribution in [3.63, 3.8) is 0 Å². The number of hydrogen-bond acceptors (Lipinski definition) is 3. The summed E-state index contributed by atoms with van der Waals surface area (Å²) in [5.74, 6) is -0.287. The molecule has 1 aromatic rings. The highest BCUT2D eigenvalue weighted by molar-refractivity contribution is 5.88. The average molecular weight is 331 g/mol. The lowest BCUT2D eigenvalue weighted by atomic mass is 9.73. The molecule has 0 aliphatic carbocycles. The van der Waals surface area contributed by atoms with Crippen LogP contribution in [0, 0.1) is 5.82 Å². The van der Waals surface area contributed by atoms with Crippen molar-refractivity contribution in [2.45, 2.75) is 31.2 Å². The number of ether oxygens (including phenoxy) is 1. The van der Waals surface area contributed by atoms with Crippen LogP contribution in [-0.2, 0) is 14.9 Å². The topological polar surface area (TPSA) is 50.4 Å². The maximum atomic E-state index is 13.1. The Kier molecular flexibility index (Phi) is 7.26. The molecule has 0 bridgehead atoms. The molecule has 1 saturated heterocycles. The zero-order valence-corrected chi connectivity index (χ0v) is 13.8. The maximum absolute atomic E-state index is 13.1. The maximum Gasteiger partial charge on any atom is 0.230 e. The van der Waals surface area contributed by atoms with Gasteiger partial charge in [0.05, 0.1) is 5.41 Å². The predicted molar refractivity (Wildman–Crippen MR) is 86.9 cm³/mol. The van der Waals surface area contributed by atoms with Crippen molar-refractivity contribution in [1.29, 1.82) is 0 Å². The summed E-state index contributed by atoms with van der Waals surface area (Å²) < 4.78 is 18.5. The van der Waals surface area contributed by atoms with E-state index < -0.39 is 5.41 Å². The van der Waals surface area contributed by atoms with Gasteiger partial charge in [-0.2, -0.15) is 0 Å². The monoisotopic (exact) mass is 330 g/mol. The van der Waals surface area contributed by atoms with Crippen molar-refractivity contribution in [3.8, 4) is 0 Å². The van der Waals surface area contributed by atoms with Gasteiger partial charge in [0, 0.05) is 25.8 Å². The van der Waals surface area contributed by atoms with Crippen molar-refractivity contribution >= 4 is 18.3 Å². The van der Waals surface area contributed by atoms with Crippen LogP contribution in [0.3, 0.4) is 0 Å². The minimum atomic E-state index is -0.612. The molecule has 0 radical (unpaired) electrons. The molecule has 1 aromatic carbocycles. The van der Waals surface area contributed by atoms with Gasteiger partial charge in [0.2, 0.25) is 5.91 Å². The fraction of sp³-hybridized carbons (Fsp3) is 0.562. The van der Waals surface area contributed by atoms with Crippen LogP contribution in [0.25, 0.3) is 0 Å². The van der Waals surface area contributed by atoms with Gasteiger partial charge in [-0.05, 0) is 44.5 Å². The Bertz CT molecular complexity index is 476. The molecule has 1 aliphatic heterocycles. The van der Waals surface area contributed by atoms with E-state index in [4.69, 9.17) is 4.74 Å². The van der Waals surface area contributed by atoms with Gasteiger partial charge in [0.25, 0.3) is 0 Å². The molecule has 2 N–H and O–H groups in total. The van der Waals surface area contributed by atoms with Gasteiger partial charge in [-0.15, -0.1) is 12.4 Å². The van der Waals surface area contributed by atoms with E-state index in [9.17, 15) is 9.18 Å². The molecule has 1 atom stereocenters. The van der Waals surface area contributed by atoms with E-state index in [1.165, 1.54) is 12.1 Å². The van der Waals surface area contributed by atoms with E-state index >= 15 is 0 Å². The fourth-order valence-corrected chi connectivity index (χ4v) is 2.65. The second-order valence-corrected chi connectivity index (χ2v) is 5.60. The fourth-order valence-electron chi connectivity index (χ4n) is 2.65. The summed E-state index contributed by atoms with van der Waals surface area (Å²) in [5.41, 5.74) is 0.251. The summed E-state index contributed by atoms with van der Waals surface area (Å²) in [4.78, 5) is 12.7. The number of carbonyl (C=O) groups is 1. The van der Waals surface area contributed by atoms with Crippen molar-refractivity contribution < 1.29 is 13.9 Å². The van der Waals surface area contributed by atoms with Gasteiger partial charge in [-0.3, -0.25) is 4.79 Å². The van der Waals surface area contributed by atoms with Crippen LogP contribution in [0.5, 0.6) is 0 Å². The van der Waals surface area contributed by atoms with E-state index in [-0.39, 0.29) is 30.2 Å². The molecule has 6 heteroatoms. The van der Waals surface area contributed by atoms with Crippen LogP contribution < -0.4 is 10.6 Å². The van der Waals surface area contributed by atoms with Gasteiger partial charge in [0.15, 0.2) is 0 Å². The summed E-state index contributed by atoms with van der Waals surface area (Å²) in [6.07, 6.45) is 1.25. The van der Waals surface area contributed by atoms with Crippen LogP contribution in [0.15, 0.2) is 24.3 Å². The van der Waals surface area contributed by atoms with Crippen molar-refractivity contribution in [1.82, 2.24) is 10.6 Å². The third-order valence-electron chi connectivity index (χ3n) is 4.24. The zero-order valence-electron chi connectivity index (χ0n) is 13.0. The first kappa shape index (κ1) is 18.9. The molecule has 0 aromatic heterocycles. The third-order valence-corrected chi connectivity index (χ3v) is 4.24. The Morgan fingerprint density at radius 3 is 2.45 bits per heavy atom. The Morgan fingerprint density at radius 2 is 1.91 bits per heavy atom. The molecule has 2 rings (SSSR count). The standard InChI is InChI=1S/C16H23FN2O2.ClH/c1-12(18-2)11-19-15(20)16(7-9-21-10-8-16)13-3-5-14(17)6-4-13;/h3-6,12,18H,7-11H2,1-2H3,(H,19,20);1H. The molecule has 0 saturated carbocycles. The number of halogens is 2. The Morgan fingerprint density at radius 1 is 1.32 bits per heavy atom. The highest BCUT2D eigenvalue weighted by Gasteiger charge is 2.41. The van der Waals surface area contributed by atoms with Gasteiger partial charge in [0.1, 0.15) is 5.82 Å². The number of carbonyl (C=O) groups excluding carboxylic acids is 1. The Balaban J connectivity index is 0.00000242. The molecule has 0 spiro atoms. The van der Waals surface area contributed by atoms with Gasteiger partial charge >= 0.3 is 0 Å². The molecule has 4 nitrogen and oxygen atoms in total. The smallest absolute Gasteiger partial charge is 0.230 e. The number of benzene rings is 1. The highest BCUT2D eigenvalue weighted by atomic mass is 35.5. The van der Waals surface area contributed by atoms with Crippen molar-refractivity contribution in [2.24, 2.45) is 0 Å². The summed E-state index contributed by atoms with van der Waals surface area (Å²) in [5, 5.41) is 6.10. The highest BCUT2D eigenvalue weighted by Crippen LogP contribution is 2.35. The van der Waals surface area contributed by atoms with E-state index in [2.05, 4.69) is 10.6 Å². The van der Waals surface area contributed by atoms with Crippen LogP contribution in [0.4, 0.5) is 4.39 Å².